The summed E-state index contributed by atoms with van der Waals surface area (Å²) in [4.78, 5) is 35.9. The minimum atomic E-state index is -1.36. The van der Waals surface area contributed by atoms with E-state index in [9.17, 15) is 18.8 Å². The zero-order valence-corrected chi connectivity index (χ0v) is 19.2. The van der Waals surface area contributed by atoms with E-state index in [1.807, 2.05) is 0 Å². The quantitative estimate of drug-likeness (QED) is 0.274. The van der Waals surface area contributed by atoms with Crippen molar-refractivity contribution in [3.05, 3.63) is 72.0 Å². The molecule has 36 heavy (non-hydrogen) atoms. The largest absolute Gasteiger partial charge is 0.480 e. The predicted molar refractivity (Wildman–Crippen MR) is 134 cm³/mol. The van der Waals surface area contributed by atoms with E-state index in [0.29, 0.717) is 22.2 Å². The summed E-state index contributed by atoms with van der Waals surface area (Å²) < 4.78 is 15.0. The van der Waals surface area contributed by atoms with Crippen molar-refractivity contribution in [2.75, 3.05) is 16.4 Å². The molecule has 0 aliphatic rings. The maximum Gasteiger partial charge on any atom is 0.323 e. The highest BCUT2D eigenvalue weighted by atomic mass is 19.1. The molecule has 4 aromatic rings. The monoisotopic (exact) mass is 490 g/mol. The van der Waals surface area contributed by atoms with Crippen LogP contribution in [-0.4, -0.2) is 38.8 Å². The molecule has 2 amide bonds. The number of nitrogens with zero attached hydrogens (tertiary/aromatic N) is 2. The molecule has 3 aromatic carbocycles. The van der Waals surface area contributed by atoms with Crippen molar-refractivity contribution < 1.29 is 23.9 Å². The summed E-state index contributed by atoms with van der Waals surface area (Å²) in [5, 5.41) is 18.7. The third kappa shape index (κ3) is 5.00. The van der Waals surface area contributed by atoms with Gasteiger partial charge in [0.15, 0.2) is 5.82 Å². The van der Waals surface area contributed by atoms with Crippen molar-refractivity contribution in [2.45, 2.75) is 19.4 Å². The van der Waals surface area contributed by atoms with Gasteiger partial charge in [0.1, 0.15) is 11.9 Å². The zero-order valence-electron chi connectivity index (χ0n) is 19.2. The first-order valence-electron chi connectivity index (χ1n) is 10.9. The van der Waals surface area contributed by atoms with Crippen molar-refractivity contribution in [3.63, 3.8) is 0 Å². The van der Waals surface area contributed by atoms with Crippen LogP contribution >= 0.6 is 0 Å². The highest BCUT2D eigenvalue weighted by Crippen LogP contribution is 2.33. The number of aliphatic carboxylic acids is 1. The van der Waals surface area contributed by atoms with Crippen LogP contribution in [0.3, 0.4) is 0 Å². The van der Waals surface area contributed by atoms with Gasteiger partial charge >= 0.3 is 12.0 Å². The Morgan fingerprint density at radius 3 is 2.50 bits per heavy atom. The zero-order chi connectivity index (χ0) is 26.0. The Bertz CT molecular complexity index is 1480. The van der Waals surface area contributed by atoms with Crippen LogP contribution in [0.1, 0.15) is 16.8 Å². The molecule has 1 atom stereocenters. The Hall–Kier alpha value is -4.77. The molecule has 4 rings (SSSR count). The molecule has 0 saturated heterocycles. The Morgan fingerprint density at radius 2 is 1.81 bits per heavy atom. The van der Waals surface area contributed by atoms with E-state index in [2.05, 4.69) is 15.7 Å². The van der Waals surface area contributed by atoms with Crippen LogP contribution in [-0.2, 0) is 4.79 Å². The molecule has 10 nitrogen and oxygen atoms in total. The molecule has 11 heteroatoms. The van der Waals surface area contributed by atoms with Gasteiger partial charge in [-0.25, -0.2) is 9.18 Å². The maximum absolute atomic E-state index is 13.9. The predicted octanol–water partition coefficient (Wildman–Crippen LogP) is 3.82. The Balaban J connectivity index is 1.56. The van der Waals surface area contributed by atoms with Crippen LogP contribution in [0.5, 0.6) is 0 Å². The second-order valence-corrected chi connectivity index (χ2v) is 8.18. The molecule has 184 valence electrons. The molecular weight excluding hydrogens is 467 g/mol. The fraction of sp³-hybridized carbons (Fsp3) is 0.120. The van der Waals surface area contributed by atoms with E-state index < -0.39 is 36.2 Å². The molecule has 1 aromatic heterocycles. The summed E-state index contributed by atoms with van der Waals surface area (Å²) >= 11 is 0. The number of nitrogens with two attached hydrogens (primary N) is 2. The van der Waals surface area contributed by atoms with Crippen LogP contribution < -0.4 is 22.1 Å². The molecule has 0 unspecified atom stereocenters. The lowest BCUT2D eigenvalue weighted by molar-refractivity contribution is -0.138. The van der Waals surface area contributed by atoms with Gasteiger partial charge in [-0.1, -0.05) is 30.3 Å². The van der Waals surface area contributed by atoms with E-state index >= 15 is 0 Å². The Morgan fingerprint density at radius 1 is 1.08 bits per heavy atom. The highest BCUT2D eigenvalue weighted by molar-refractivity contribution is 6.06. The minimum absolute atomic E-state index is 0.0714. The van der Waals surface area contributed by atoms with Gasteiger partial charge in [-0.05, 0) is 53.9 Å². The molecule has 0 bridgehead atoms. The first kappa shape index (κ1) is 24.4. The summed E-state index contributed by atoms with van der Waals surface area (Å²) in [6, 6.07) is 14.4. The van der Waals surface area contributed by atoms with Crippen LogP contribution in [0.4, 0.5) is 26.4 Å². The van der Waals surface area contributed by atoms with Gasteiger partial charge < -0.3 is 27.2 Å². The van der Waals surface area contributed by atoms with Gasteiger partial charge in [0.2, 0.25) is 5.91 Å². The van der Waals surface area contributed by atoms with Crippen molar-refractivity contribution in [3.8, 4) is 11.1 Å². The Labute approximate surface area is 204 Å². The number of anilines is 3. The van der Waals surface area contributed by atoms with Crippen molar-refractivity contribution in [1.82, 2.24) is 9.78 Å². The number of hydrogen-bond donors (Lipinski definition) is 5. The lowest BCUT2D eigenvalue weighted by atomic mass is 10.0. The fourth-order valence-electron chi connectivity index (χ4n) is 3.74. The number of aromatic nitrogens is 2. The second-order valence-electron chi connectivity index (χ2n) is 8.18. The number of aryl methyl sites for hydroxylation is 1. The average molecular weight is 490 g/mol. The smallest absolute Gasteiger partial charge is 0.323 e. The van der Waals surface area contributed by atoms with Crippen LogP contribution in [0.25, 0.3) is 22.0 Å². The van der Waals surface area contributed by atoms with E-state index in [1.54, 1.807) is 55.5 Å². The number of rotatable bonds is 6. The van der Waals surface area contributed by atoms with E-state index in [-0.39, 0.29) is 11.5 Å². The lowest BCUT2D eigenvalue weighted by Crippen LogP contribution is -2.34. The third-order valence-electron chi connectivity index (χ3n) is 5.51. The number of carboxylic acid groups (broad SMARTS) is 1. The summed E-state index contributed by atoms with van der Waals surface area (Å²) in [6.07, 6.45) is -0.440. The van der Waals surface area contributed by atoms with Gasteiger partial charge in [-0.2, -0.15) is 4.68 Å². The van der Waals surface area contributed by atoms with E-state index in [4.69, 9.17) is 16.6 Å². The van der Waals surface area contributed by atoms with Crippen molar-refractivity contribution in [1.29, 1.82) is 0 Å². The van der Waals surface area contributed by atoms with Gasteiger partial charge in [-0.3, -0.25) is 9.59 Å². The summed E-state index contributed by atoms with van der Waals surface area (Å²) in [6.45, 7) is 1.79. The number of carbonyl (C=O) groups is 3. The van der Waals surface area contributed by atoms with Crippen LogP contribution in [0.2, 0.25) is 0 Å². The number of carboxylic acids is 1. The molecule has 1 heterocycles. The number of halogens is 1. The highest BCUT2D eigenvalue weighted by Gasteiger charge is 2.22. The van der Waals surface area contributed by atoms with Gasteiger partial charge in [-0.15, -0.1) is 5.10 Å². The molecular formula is C25H23FN6O4. The maximum atomic E-state index is 13.9. The standard InChI is InChI=1S/C25H23FN6O4/c1-13-5-10-17(26)19(11-13)30-25(36)29-15-8-6-14(7-9-15)16-3-2-4-20-22(16)23(28)31-32(20)21(33)12-18(27)24(34)35/h2-11,18H,12,27H2,1H3,(H2,28,31)(H,34,35)(H2,29,30,36)/t18-/m0/s1. The SMILES string of the molecule is Cc1ccc(F)c(NC(=O)Nc2ccc(-c3cccc4c3c(N)nn4C(=O)C[C@H](N)C(=O)O)cc2)c1. The number of amides is 2. The van der Waals surface area contributed by atoms with E-state index in [1.165, 1.54) is 12.1 Å². The third-order valence-corrected chi connectivity index (χ3v) is 5.51. The lowest BCUT2D eigenvalue weighted by Gasteiger charge is -2.10. The van der Waals surface area contributed by atoms with Crippen LogP contribution in [0.15, 0.2) is 60.7 Å². The number of carbonyl (C=O) groups excluding carboxylic acids is 2. The topological polar surface area (TPSA) is 165 Å². The molecule has 7 N–H and O–H groups in total. The first-order chi connectivity index (χ1) is 17.1. The number of hydrogen-bond acceptors (Lipinski definition) is 6. The molecule has 0 aliphatic carbocycles. The summed E-state index contributed by atoms with van der Waals surface area (Å²) in [5.74, 6) is -2.33. The molecule has 0 radical (unpaired) electrons. The van der Waals surface area contributed by atoms with Gasteiger partial charge in [0.05, 0.1) is 23.0 Å². The number of nitrogen functional groups attached to an aromatic ring is 1. The summed E-state index contributed by atoms with van der Waals surface area (Å²) in [5.41, 5.74) is 14.8. The molecule has 0 aliphatic heterocycles. The van der Waals surface area contributed by atoms with Gasteiger partial charge in [0, 0.05) is 5.69 Å². The fourth-order valence-corrected chi connectivity index (χ4v) is 3.74. The first-order valence-corrected chi connectivity index (χ1v) is 10.9. The normalized spacial score (nSPS) is 11.8. The molecule has 0 fully saturated rings. The number of benzene rings is 3. The van der Waals surface area contributed by atoms with E-state index in [0.717, 1.165) is 15.8 Å². The summed E-state index contributed by atoms with van der Waals surface area (Å²) in [7, 11) is 0. The number of fused-ring (bicyclic) bond motifs is 1. The Kier molecular flexibility index (Phi) is 6.66. The number of urea groups is 1. The van der Waals surface area contributed by atoms with Crippen LogP contribution in [0, 0.1) is 12.7 Å². The molecule has 0 spiro atoms. The second kappa shape index (κ2) is 9.84. The number of nitrogens with one attached hydrogen (secondary N) is 2. The molecule has 0 saturated carbocycles. The minimum Gasteiger partial charge on any atom is -0.480 e. The average Bonchev–Trinajstić information content (AvgIpc) is 3.18. The van der Waals surface area contributed by atoms with Crippen molar-refractivity contribution in [2.24, 2.45) is 5.73 Å². The van der Waals surface area contributed by atoms with Crippen molar-refractivity contribution >= 4 is 46.0 Å². The van der Waals surface area contributed by atoms with Gasteiger partial charge in [0.25, 0.3) is 0 Å².